The minimum Gasteiger partial charge on any atom is -0.452 e. The molecule has 0 aliphatic rings. The van der Waals surface area contributed by atoms with Gasteiger partial charge in [-0.05, 0) is 30.5 Å². The molecule has 1 N–H and O–H groups in total. The summed E-state index contributed by atoms with van der Waals surface area (Å²) in [6, 6.07) is 1.54. The van der Waals surface area contributed by atoms with Crippen LogP contribution in [0, 0.1) is 0 Å². The number of hydrogen-bond acceptors (Lipinski definition) is 2. The van der Waals surface area contributed by atoms with Crippen molar-refractivity contribution in [2.24, 2.45) is 0 Å². The zero-order chi connectivity index (χ0) is 12.2. The molecule has 1 aromatic rings. The first-order valence-electron chi connectivity index (χ1n) is 5.20. The van der Waals surface area contributed by atoms with Crippen LogP contribution in [0.1, 0.15) is 37.0 Å². The normalized spacial score (nSPS) is 11.5. The molecule has 0 fully saturated rings. The van der Waals surface area contributed by atoms with E-state index >= 15 is 0 Å². The van der Waals surface area contributed by atoms with Crippen LogP contribution in [-0.2, 0) is 0 Å². The van der Waals surface area contributed by atoms with Crippen LogP contribution in [0.3, 0.4) is 0 Å². The lowest BCUT2D eigenvalue weighted by Crippen LogP contribution is -2.49. The van der Waals surface area contributed by atoms with Gasteiger partial charge >= 0.3 is 0 Å². The maximum absolute atomic E-state index is 11.9. The van der Waals surface area contributed by atoms with E-state index in [-0.39, 0.29) is 16.7 Å². The summed E-state index contributed by atoms with van der Waals surface area (Å²) in [4.78, 5) is 11.9. The molecule has 1 amide bonds. The summed E-state index contributed by atoms with van der Waals surface area (Å²) in [5.74, 6) is 0.129. The topological polar surface area (TPSA) is 42.2 Å². The van der Waals surface area contributed by atoms with Crippen molar-refractivity contribution in [2.75, 3.05) is 5.88 Å². The lowest BCUT2D eigenvalue weighted by Gasteiger charge is -2.30. The summed E-state index contributed by atoms with van der Waals surface area (Å²) in [6.07, 6.45) is 2.93. The van der Waals surface area contributed by atoms with Gasteiger partial charge in [-0.15, -0.1) is 11.6 Å². The van der Waals surface area contributed by atoms with Crippen LogP contribution >= 0.6 is 23.2 Å². The Hall–Kier alpha value is -0.670. The zero-order valence-corrected chi connectivity index (χ0v) is 10.9. The summed E-state index contributed by atoms with van der Waals surface area (Å²) in [5.41, 5.74) is -0.0303. The number of carbonyl (C=O) groups is 1. The summed E-state index contributed by atoms with van der Waals surface area (Å²) in [6.45, 7) is 3.98. The van der Waals surface area contributed by atoms with E-state index in [1.807, 2.05) is 13.8 Å². The zero-order valence-electron chi connectivity index (χ0n) is 9.35. The van der Waals surface area contributed by atoms with Gasteiger partial charge in [0.2, 0.25) is 5.22 Å². The number of alkyl halides is 1. The highest BCUT2D eigenvalue weighted by Gasteiger charge is 2.28. The number of amides is 1. The Morgan fingerprint density at radius 1 is 1.50 bits per heavy atom. The van der Waals surface area contributed by atoms with Crippen molar-refractivity contribution in [3.63, 3.8) is 0 Å². The van der Waals surface area contributed by atoms with Crippen molar-refractivity contribution >= 4 is 29.1 Å². The highest BCUT2D eigenvalue weighted by Crippen LogP contribution is 2.21. The summed E-state index contributed by atoms with van der Waals surface area (Å²) in [7, 11) is 0. The first-order valence-corrected chi connectivity index (χ1v) is 6.11. The molecule has 0 radical (unpaired) electrons. The quantitative estimate of drug-likeness (QED) is 0.827. The van der Waals surface area contributed by atoms with Gasteiger partial charge in [0.15, 0.2) is 0 Å². The van der Waals surface area contributed by atoms with Crippen LogP contribution in [-0.4, -0.2) is 17.3 Å². The molecule has 5 heteroatoms. The smallest absolute Gasteiger partial charge is 0.256 e. The molecular weight excluding hydrogens is 249 g/mol. The first kappa shape index (κ1) is 13.4. The molecule has 1 rings (SSSR count). The van der Waals surface area contributed by atoms with E-state index in [4.69, 9.17) is 27.6 Å². The number of rotatable bonds is 5. The lowest BCUT2D eigenvalue weighted by molar-refractivity contribution is 0.0902. The molecule has 0 saturated heterocycles. The van der Waals surface area contributed by atoms with Gasteiger partial charge in [0.05, 0.1) is 17.4 Å². The third kappa shape index (κ3) is 2.71. The SMILES string of the molecule is CCC(CC)(CCl)NC(=O)c1ccoc1Cl. The van der Waals surface area contributed by atoms with Crippen molar-refractivity contribution in [1.29, 1.82) is 0 Å². The Kier molecular flexibility index (Phi) is 4.69. The molecule has 1 aromatic heterocycles. The fourth-order valence-corrected chi connectivity index (χ4v) is 2.06. The molecule has 0 unspecified atom stereocenters. The molecule has 90 valence electrons. The second-order valence-corrected chi connectivity index (χ2v) is 4.29. The van der Waals surface area contributed by atoms with Crippen LogP contribution < -0.4 is 5.32 Å². The molecular formula is C11H15Cl2NO2. The largest absolute Gasteiger partial charge is 0.452 e. The summed E-state index contributed by atoms with van der Waals surface area (Å²) >= 11 is 11.6. The number of carbonyl (C=O) groups excluding carboxylic acids is 1. The number of halogens is 2. The predicted octanol–water partition coefficient (Wildman–Crippen LogP) is 3.46. The fourth-order valence-electron chi connectivity index (χ4n) is 1.41. The fraction of sp³-hybridized carbons (Fsp3) is 0.545. The van der Waals surface area contributed by atoms with Gasteiger partial charge in [0, 0.05) is 5.88 Å². The van der Waals surface area contributed by atoms with Crippen LogP contribution in [0.15, 0.2) is 16.7 Å². The molecule has 0 atom stereocenters. The van der Waals surface area contributed by atoms with Gasteiger partial charge in [-0.1, -0.05) is 13.8 Å². The van der Waals surface area contributed by atoms with Gasteiger partial charge in [0.25, 0.3) is 5.91 Å². The van der Waals surface area contributed by atoms with Gasteiger partial charge in [-0.3, -0.25) is 4.79 Å². The molecule has 3 nitrogen and oxygen atoms in total. The number of hydrogen-bond donors (Lipinski definition) is 1. The summed E-state index contributed by atoms with van der Waals surface area (Å²) in [5, 5.41) is 3.01. The van der Waals surface area contributed by atoms with E-state index in [1.54, 1.807) is 6.07 Å². The molecule has 16 heavy (non-hydrogen) atoms. The van der Waals surface area contributed by atoms with Crippen molar-refractivity contribution in [1.82, 2.24) is 5.32 Å². The van der Waals surface area contributed by atoms with Gasteiger partial charge in [-0.2, -0.15) is 0 Å². The van der Waals surface area contributed by atoms with E-state index in [0.717, 1.165) is 12.8 Å². The van der Waals surface area contributed by atoms with E-state index in [0.29, 0.717) is 11.4 Å². The molecule has 0 saturated carbocycles. The molecule has 1 heterocycles. The molecule has 0 spiro atoms. The molecule has 0 aliphatic heterocycles. The van der Waals surface area contributed by atoms with E-state index < -0.39 is 0 Å². The summed E-state index contributed by atoms with van der Waals surface area (Å²) < 4.78 is 4.87. The van der Waals surface area contributed by atoms with Crippen LogP contribution in [0.4, 0.5) is 0 Å². The second kappa shape index (κ2) is 5.60. The van der Waals surface area contributed by atoms with Crippen LogP contribution in [0.25, 0.3) is 0 Å². The Balaban J connectivity index is 2.81. The molecule has 0 bridgehead atoms. The number of nitrogens with one attached hydrogen (secondary N) is 1. The Morgan fingerprint density at radius 2 is 2.12 bits per heavy atom. The monoisotopic (exact) mass is 263 g/mol. The molecule has 0 aromatic carbocycles. The Labute approximate surface area is 105 Å². The van der Waals surface area contributed by atoms with Gasteiger partial charge < -0.3 is 9.73 Å². The number of furan rings is 1. The third-order valence-corrected chi connectivity index (χ3v) is 3.65. The third-order valence-electron chi connectivity index (χ3n) is 2.85. The van der Waals surface area contributed by atoms with E-state index in [2.05, 4.69) is 5.32 Å². The average molecular weight is 264 g/mol. The highest BCUT2D eigenvalue weighted by atomic mass is 35.5. The molecule has 0 aliphatic carbocycles. The Bertz CT molecular complexity index is 350. The van der Waals surface area contributed by atoms with Crippen molar-refractivity contribution in [3.8, 4) is 0 Å². The van der Waals surface area contributed by atoms with Crippen molar-refractivity contribution < 1.29 is 9.21 Å². The van der Waals surface area contributed by atoms with Crippen LogP contribution in [0.5, 0.6) is 0 Å². The van der Waals surface area contributed by atoms with Gasteiger partial charge in [0.1, 0.15) is 0 Å². The standard InChI is InChI=1S/C11H15Cl2NO2/c1-3-11(4-2,7-12)14-10(15)8-5-6-16-9(8)13/h5-6H,3-4,7H2,1-2H3,(H,14,15). The van der Waals surface area contributed by atoms with Crippen molar-refractivity contribution in [2.45, 2.75) is 32.2 Å². The highest BCUT2D eigenvalue weighted by molar-refractivity contribution is 6.32. The first-order chi connectivity index (χ1) is 7.58. The van der Waals surface area contributed by atoms with E-state index in [9.17, 15) is 4.79 Å². The minimum atomic E-state index is -0.376. The lowest BCUT2D eigenvalue weighted by atomic mass is 9.95. The maximum atomic E-state index is 11.9. The van der Waals surface area contributed by atoms with Crippen molar-refractivity contribution in [3.05, 3.63) is 23.1 Å². The van der Waals surface area contributed by atoms with E-state index in [1.165, 1.54) is 6.26 Å². The second-order valence-electron chi connectivity index (χ2n) is 3.68. The maximum Gasteiger partial charge on any atom is 0.256 e. The predicted molar refractivity (Wildman–Crippen MR) is 65.2 cm³/mol. The van der Waals surface area contributed by atoms with Gasteiger partial charge in [-0.25, -0.2) is 0 Å². The van der Waals surface area contributed by atoms with Crippen LogP contribution in [0.2, 0.25) is 5.22 Å². The minimum absolute atomic E-state index is 0.105. The Morgan fingerprint density at radius 3 is 2.50 bits per heavy atom. The average Bonchev–Trinajstić information content (AvgIpc) is 2.72.